The lowest BCUT2D eigenvalue weighted by molar-refractivity contribution is -0.140. The van der Waals surface area contributed by atoms with Crippen molar-refractivity contribution in [3.05, 3.63) is 53.6 Å². The summed E-state index contributed by atoms with van der Waals surface area (Å²) in [5.41, 5.74) is 1.90. The normalized spacial score (nSPS) is 20.6. The predicted molar refractivity (Wildman–Crippen MR) is 221 cm³/mol. The number of carbonyl (C=O) groups excluding carboxylic acids is 4. The molecule has 4 amide bonds. The van der Waals surface area contributed by atoms with Crippen molar-refractivity contribution in [2.45, 2.75) is 123 Å². The van der Waals surface area contributed by atoms with Gasteiger partial charge in [0, 0.05) is 48.6 Å². The van der Waals surface area contributed by atoms with Crippen LogP contribution in [0.5, 0.6) is 0 Å². The third kappa shape index (κ3) is 9.13. The number of aromatic nitrogens is 3. The number of nitrogens with zero attached hydrogens (tertiary/aromatic N) is 4. The number of H-pyrrole nitrogens is 1. The van der Waals surface area contributed by atoms with Crippen LogP contribution in [0.1, 0.15) is 72.8 Å². The fourth-order valence-electron chi connectivity index (χ4n) is 8.37. The first-order valence-electron chi connectivity index (χ1n) is 20.6. The number of rotatable bonds is 14. The van der Waals surface area contributed by atoms with Crippen LogP contribution in [0.4, 0.5) is 13.2 Å². The number of benzene rings is 2. The summed E-state index contributed by atoms with van der Waals surface area (Å²) in [7, 11) is 3.33. The average Bonchev–Trinajstić information content (AvgIpc) is 3.98. The SMILES string of the molecule is CCC(NC(=O)C(C)NC)C(=O)N1CCCC1Cn1c(-c2[nH]c3cc(F)ccc3c2CC2CC(F)CN2C(=O)C(NC(=O)C(C)NC)C(C)(C)C)nc2cc(F)ccc21. The molecule has 7 atom stereocenters. The molecule has 5 N–H and O–H groups in total. The minimum atomic E-state index is -1.32. The van der Waals surface area contributed by atoms with E-state index in [9.17, 15) is 28.0 Å². The Balaban J connectivity index is 1.40. The van der Waals surface area contributed by atoms with E-state index in [1.54, 1.807) is 45.0 Å². The molecule has 2 aromatic heterocycles. The lowest BCUT2D eigenvalue weighted by Gasteiger charge is -2.36. The highest BCUT2D eigenvalue weighted by Crippen LogP contribution is 2.37. The molecule has 0 saturated carbocycles. The summed E-state index contributed by atoms with van der Waals surface area (Å²) in [5.74, 6) is -1.78. The van der Waals surface area contributed by atoms with Crippen molar-refractivity contribution >= 4 is 45.6 Å². The standard InChI is InChI=1S/C43H58F3N9O4/c1-9-32(51-39(56)23(2)47-7)41(58)53-16-10-11-28(53)22-55-35-15-13-26(45)19-34(35)50-38(55)36-31(30-14-12-25(44)18-33(30)49-36)20-29-17-27(46)21-54(29)42(59)37(43(4,5)6)52-40(57)24(3)48-8/h12-15,18-19,23-24,27-29,32,37,47-49H,9-11,16-17,20-22H2,1-8H3,(H,51,56)(H,52,57). The van der Waals surface area contributed by atoms with Crippen LogP contribution in [0.15, 0.2) is 36.4 Å². The van der Waals surface area contributed by atoms with Gasteiger partial charge in [0.05, 0.1) is 35.4 Å². The summed E-state index contributed by atoms with van der Waals surface area (Å²) in [6, 6.07) is 5.02. The molecule has 7 unspecified atom stereocenters. The molecule has 2 fully saturated rings. The van der Waals surface area contributed by atoms with Gasteiger partial charge in [0.15, 0.2) is 5.82 Å². The number of likely N-dealkylation sites (tertiary alicyclic amines) is 2. The summed E-state index contributed by atoms with van der Waals surface area (Å²) >= 11 is 0. The van der Waals surface area contributed by atoms with E-state index >= 15 is 4.39 Å². The second-order valence-electron chi connectivity index (χ2n) is 17.2. The van der Waals surface area contributed by atoms with Gasteiger partial charge in [-0.05, 0) is 94.9 Å². The highest BCUT2D eigenvalue weighted by molar-refractivity contribution is 5.93. The number of aromatic amines is 1. The third-order valence-corrected chi connectivity index (χ3v) is 12.0. The molecule has 2 saturated heterocycles. The maximum Gasteiger partial charge on any atom is 0.246 e. The molecule has 2 aliphatic heterocycles. The zero-order valence-electron chi connectivity index (χ0n) is 35.2. The van der Waals surface area contributed by atoms with Gasteiger partial charge in [0.1, 0.15) is 29.9 Å². The van der Waals surface area contributed by atoms with Crippen molar-refractivity contribution in [2.75, 3.05) is 27.2 Å². The number of nitrogens with one attached hydrogen (secondary N) is 5. The zero-order valence-corrected chi connectivity index (χ0v) is 35.2. The minimum absolute atomic E-state index is 0.0414. The first-order valence-corrected chi connectivity index (χ1v) is 20.6. The Morgan fingerprint density at radius 2 is 1.58 bits per heavy atom. The van der Waals surface area contributed by atoms with E-state index in [1.165, 1.54) is 29.2 Å². The van der Waals surface area contributed by atoms with Gasteiger partial charge in [-0.1, -0.05) is 27.7 Å². The van der Waals surface area contributed by atoms with Crippen LogP contribution in [0, 0.1) is 17.0 Å². The van der Waals surface area contributed by atoms with E-state index in [-0.39, 0.29) is 49.7 Å². The monoisotopic (exact) mass is 821 g/mol. The summed E-state index contributed by atoms with van der Waals surface area (Å²) in [5, 5.41) is 12.2. The molecule has 0 radical (unpaired) electrons. The van der Waals surface area contributed by atoms with Crippen LogP contribution in [-0.4, -0.2) is 118 Å². The average molecular weight is 822 g/mol. The molecule has 320 valence electrons. The van der Waals surface area contributed by atoms with Crippen molar-refractivity contribution in [2.24, 2.45) is 5.41 Å². The van der Waals surface area contributed by atoms with Crippen LogP contribution >= 0.6 is 0 Å². The molecule has 13 nitrogen and oxygen atoms in total. The Kier molecular flexibility index (Phi) is 13.1. The second kappa shape index (κ2) is 17.7. The second-order valence-corrected chi connectivity index (χ2v) is 17.2. The summed E-state index contributed by atoms with van der Waals surface area (Å²) in [6.07, 6.45) is 0.694. The Labute approximate surface area is 343 Å². The number of imidazole rings is 1. The maximum atomic E-state index is 15.5. The van der Waals surface area contributed by atoms with Gasteiger partial charge in [0.2, 0.25) is 23.6 Å². The van der Waals surface area contributed by atoms with E-state index < -0.39 is 59.3 Å². The van der Waals surface area contributed by atoms with Gasteiger partial charge >= 0.3 is 0 Å². The number of likely N-dealkylation sites (N-methyl/N-ethyl adjacent to an activating group) is 2. The molecule has 2 aliphatic rings. The van der Waals surface area contributed by atoms with Gasteiger partial charge in [-0.2, -0.15) is 0 Å². The van der Waals surface area contributed by atoms with Crippen molar-refractivity contribution < 1.29 is 32.3 Å². The van der Waals surface area contributed by atoms with E-state index in [1.807, 2.05) is 32.3 Å². The predicted octanol–water partition coefficient (Wildman–Crippen LogP) is 4.58. The largest absolute Gasteiger partial charge is 0.352 e. The lowest BCUT2D eigenvalue weighted by atomic mass is 9.85. The van der Waals surface area contributed by atoms with E-state index in [4.69, 9.17) is 4.98 Å². The molecule has 4 aromatic rings. The molecule has 6 rings (SSSR count). The number of hydrogen-bond donors (Lipinski definition) is 5. The minimum Gasteiger partial charge on any atom is -0.352 e. The molecule has 16 heteroatoms. The molecule has 0 spiro atoms. The Morgan fingerprint density at radius 3 is 2.24 bits per heavy atom. The van der Waals surface area contributed by atoms with Crippen molar-refractivity contribution in [3.8, 4) is 11.5 Å². The van der Waals surface area contributed by atoms with Crippen molar-refractivity contribution in [1.29, 1.82) is 0 Å². The van der Waals surface area contributed by atoms with Gasteiger partial charge < -0.3 is 40.6 Å². The number of carbonyl (C=O) groups is 4. The molecule has 59 heavy (non-hydrogen) atoms. The van der Waals surface area contributed by atoms with E-state index in [0.717, 1.165) is 6.42 Å². The zero-order chi connectivity index (χ0) is 42.9. The summed E-state index contributed by atoms with van der Waals surface area (Å²) in [4.78, 5) is 65.9. The third-order valence-electron chi connectivity index (χ3n) is 12.0. The van der Waals surface area contributed by atoms with Gasteiger partial charge in [-0.15, -0.1) is 0 Å². The van der Waals surface area contributed by atoms with Gasteiger partial charge in [-0.25, -0.2) is 18.2 Å². The Hall–Kier alpha value is -4.96. The number of fused-ring (bicyclic) bond motifs is 2. The number of alkyl halides is 1. The number of hydrogen-bond acceptors (Lipinski definition) is 7. The quantitative estimate of drug-likeness (QED) is 0.125. The highest BCUT2D eigenvalue weighted by atomic mass is 19.1. The van der Waals surface area contributed by atoms with Gasteiger partial charge in [0.25, 0.3) is 0 Å². The lowest BCUT2D eigenvalue weighted by Crippen LogP contribution is -2.58. The fourth-order valence-corrected chi connectivity index (χ4v) is 8.37. The van der Waals surface area contributed by atoms with Crippen molar-refractivity contribution in [1.82, 2.24) is 45.6 Å². The number of amides is 4. The maximum absolute atomic E-state index is 15.5. The molecule has 0 aliphatic carbocycles. The van der Waals surface area contributed by atoms with Crippen LogP contribution < -0.4 is 21.3 Å². The molecular formula is C43H58F3N9O4. The highest BCUT2D eigenvalue weighted by Gasteiger charge is 2.43. The number of halogens is 3. The van der Waals surface area contributed by atoms with E-state index in [0.29, 0.717) is 58.4 Å². The first kappa shape index (κ1) is 43.6. The first-order chi connectivity index (χ1) is 27.9. The van der Waals surface area contributed by atoms with Crippen LogP contribution in [0.3, 0.4) is 0 Å². The Morgan fingerprint density at radius 1 is 0.915 bits per heavy atom. The molecule has 2 aromatic carbocycles. The van der Waals surface area contributed by atoms with Crippen molar-refractivity contribution in [3.63, 3.8) is 0 Å². The van der Waals surface area contributed by atoms with Gasteiger partial charge in [-0.3, -0.25) is 19.2 Å². The molecule has 0 bridgehead atoms. The summed E-state index contributed by atoms with van der Waals surface area (Å²) < 4.78 is 47.1. The van der Waals surface area contributed by atoms with E-state index in [2.05, 4.69) is 26.3 Å². The topological polar surface area (TPSA) is 156 Å². The van der Waals surface area contributed by atoms with Crippen LogP contribution in [0.2, 0.25) is 0 Å². The molecule has 4 heterocycles. The summed E-state index contributed by atoms with van der Waals surface area (Å²) in [6.45, 7) is 11.4. The van der Waals surface area contributed by atoms with Crippen LogP contribution in [0.25, 0.3) is 33.5 Å². The Bertz CT molecular complexity index is 2200. The van der Waals surface area contributed by atoms with Crippen LogP contribution in [-0.2, 0) is 32.1 Å². The molecular weight excluding hydrogens is 764 g/mol. The fraction of sp³-hybridized carbons (Fsp3) is 0.558. The smallest absolute Gasteiger partial charge is 0.246 e.